The average Bonchev–Trinajstić information content (AvgIpc) is 2.60. The minimum Gasteiger partial charge on any atom is -0.423 e. The summed E-state index contributed by atoms with van der Waals surface area (Å²) in [6.45, 7) is 1.49. The van der Waals surface area contributed by atoms with Gasteiger partial charge in [0.25, 0.3) is 0 Å². The molecule has 1 unspecified atom stereocenters. The van der Waals surface area contributed by atoms with Crippen LogP contribution < -0.4 is 5.63 Å². The van der Waals surface area contributed by atoms with Crippen molar-refractivity contribution in [1.29, 1.82) is 0 Å². The molecule has 1 heterocycles. The maximum absolute atomic E-state index is 12.5. The zero-order valence-electron chi connectivity index (χ0n) is 13.5. The number of ketones is 1. The fraction of sp³-hybridized carbons (Fsp3) is 0.158. The highest BCUT2D eigenvalue weighted by molar-refractivity contribution is 5.79. The van der Waals surface area contributed by atoms with Crippen LogP contribution in [0.2, 0.25) is 0 Å². The number of fused-ring (bicyclic) bond motifs is 1. The standard InChI is InChI=1S/C19H15N3O3/c1-12(23)10-16(13-6-8-15(9-7-13)21-22-20)17-11-14-4-2-3-5-18(14)25-19(17)24/h2-9,11,16H,10H2,1H3. The van der Waals surface area contributed by atoms with Crippen LogP contribution in [0.5, 0.6) is 0 Å². The first-order chi connectivity index (χ1) is 12.1. The van der Waals surface area contributed by atoms with Crippen molar-refractivity contribution in [3.8, 4) is 0 Å². The van der Waals surface area contributed by atoms with E-state index in [1.165, 1.54) is 6.92 Å². The lowest BCUT2D eigenvalue weighted by Gasteiger charge is -2.16. The van der Waals surface area contributed by atoms with Gasteiger partial charge in [0.1, 0.15) is 11.4 Å². The molecule has 6 nitrogen and oxygen atoms in total. The number of nitrogens with zero attached hydrogens (tertiary/aromatic N) is 3. The topological polar surface area (TPSA) is 96.0 Å². The van der Waals surface area contributed by atoms with Crippen LogP contribution in [0.25, 0.3) is 21.4 Å². The molecule has 6 heteroatoms. The molecular formula is C19H15N3O3. The van der Waals surface area contributed by atoms with Gasteiger partial charge in [-0.2, -0.15) is 0 Å². The molecule has 3 rings (SSSR count). The number of para-hydroxylation sites is 1. The van der Waals surface area contributed by atoms with Gasteiger partial charge in [-0.1, -0.05) is 47.6 Å². The zero-order chi connectivity index (χ0) is 17.8. The second kappa shape index (κ2) is 7.03. The third-order valence-electron chi connectivity index (χ3n) is 3.99. The molecule has 0 saturated carbocycles. The van der Waals surface area contributed by atoms with E-state index >= 15 is 0 Å². The number of carbonyl (C=O) groups excluding carboxylic acids is 1. The Balaban J connectivity index is 2.12. The van der Waals surface area contributed by atoms with Crippen LogP contribution in [0, 0.1) is 0 Å². The molecule has 0 saturated heterocycles. The zero-order valence-corrected chi connectivity index (χ0v) is 13.5. The maximum atomic E-state index is 12.5. The predicted molar refractivity (Wildman–Crippen MR) is 94.9 cm³/mol. The molecule has 1 atom stereocenters. The molecule has 3 aromatic rings. The number of hydrogen-bond donors (Lipinski definition) is 0. The Morgan fingerprint density at radius 1 is 1.20 bits per heavy atom. The Morgan fingerprint density at radius 2 is 1.92 bits per heavy atom. The van der Waals surface area contributed by atoms with E-state index in [-0.39, 0.29) is 12.2 Å². The first kappa shape index (κ1) is 16.5. The molecule has 0 fully saturated rings. The summed E-state index contributed by atoms with van der Waals surface area (Å²) in [4.78, 5) is 26.9. The van der Waals surface area contributed by atoms with Crippen molar-refractivity contribution in [2.75, 3.05) is 0 Å². The molecule has 0 aliphatic heterocycles. The van der Waals surface area contributed by atoms with Crippen molar-refractivity contribution in [2.45, 2.75) is 19.3 Å². The lowest BCUT2D eigenvalue weighted by molar-refractivity contribution is -0.117. The highest BCUT2D eigenvalue weighted by atomic mass is 16.4. The summed E-state index contributed by atoms with van der Waals surface area (Å²) in [6.07, 6.45) is 0.184. The average molecular weight is 333 g/mol. The Morgan fingerprint density at radius 3 is 2.60 bits per heavy atom. The SMILES string of the molecule is CC(=O)CC(c1ccc(N=[N+]=[N-])cc1)c1cc2ccccc2oc1=O. The van der Waals surface area contributed by atoms with E-state index in [0.717, 1.165) is 10.9 Å². The molecule has 124 valence electrons. The van der Waals surface area contributed by atoms with Gasteiger partial charge >= 0.3 is 5.63 Å². The van der Waals surface area contributed by atoms with Gasteiger partial charge in [-0.15, -0.1) is 0 Å². The fourth-order valence-electron chi connectivity index (χ4n) is 2.84. The van der Waals surface area contributed by atoms with Crippen molar-refractivity contribution < 1.29 is 9.21 Å². The van der Waals surface area contributed by atoms with Gasteiger partial charge in [0.15, 0.2) is 0 Å². The van der Waals surface area contributed by atoms with Crippen LogP contribution in [-0.4, -0.2) is 5.78 Å². The Labute approximate surface area is 143 Å². The number of hydrogen-bond acceptors (Lipinski definition) is 4. The second-order valence-electron chi connectivity index (χ2n) is 5.77. The van der Waals surface area contributed by atoms with Crippen molar-refractivity contribution in [3.63, 3.8) is 0 Å². The number of Topliss-reactive ketones (excluding diaryl/α,β-unsaturated/α-hetero) is 1. The van der Waals surface area contributed by atoms with Gasteiger partial charge in [-0.25, -0.2) is 4.79 Å². The summed E-state index contributed by atoms with van der Waals surface area (Å²) in [6, 6.07) is 15.9. The third kappa shape index (κ3) is 3.59. The molecule has 0 radical (unpaired) electrons. The monoisotopic (exact) mass is 333 g/mol. The predicted octanol–water partition coefficient (Wildman–Crippen LogP) is 4.85. The fourth-order valence-corrected chi connectivity index (χ4v) is 2.84. The Kier molecular flexibility index (Phi) is 4.64. The maximum Gasteiger partial charge on any atom is 0.340 e. The lowest BCUT2D eigenvalue weighted by atomic mass is 9.87. The van der Waals surface area contributed by atoms with Gasteiger partial charge in [0.2, 0.25) is 0 Å². The van der Waals surface area contributed by atoms with E-state index in [0.29, 0.717) is 16.8 Å². The summed E-state index contributed by atoms with van der Waals surface area (Å²) < 4.78 is 5.41. The van der Waals surface area contributed by atoms with Gasteiger partial charge in [0, 0.05) is 33.9 Å². The second-order valence-corrected chi connectivity index (χ2v) is 5.77. The Hall–Kier alpha value is -3.37. The summed E-state index contributed by atoms with van der Waals surface area (Å²) in [5, 5.41) is 4.33. The summed E-state index contributed by atoms with van der Waals surface area (Å²) >= 11 is 0. The third-order valence-corrected chi connectivity index (χ3v) is 3.99. The van der Waals surface area contributed by atoms with Gasteiger partial charge in [0.05, 0.1) is 0 Å². The number of rotatable bonds is 5. The van der Waals surface area contributed by atoms with Crippen molar-refractivity contribution in [3.05, 3.63) is 86.6 Å². The first-order valence-electron chi connectivity index (χ1n) is 7.76. The summed E-state index contributed by atoms with van der Waals surface area (Å²) in [5.74, 6) is -0.449. The highest BCUT2D eigenvalue weighted by Crippen LogP contribution is 2.29. The molecule has 0 bridgehead atoms. The molecule has 0 spiro atoms. The normalized spacial score (nSPS) is 11.7. The molecule has 2 aromatic carbocycles. The molecule has 0 aliphatic rings. The summed E-state index contributed by atoms with van der Waals surface area (Å²) in [5.41, 5.74) is 10.2. The molecule has 25 heavy (non-hydrogen) atoms. The smallest absolute Gasteiger partial charge is 0.340 e. The van der Waals surface area contributed by atoms with E-state index in [2.05, 4.69) is 10.0 Å². The molecule has 0 N–H and O–H groups in total. The molecule has 0 amide bonds. The molecule has 1 aromatic heterocycles. The minimum atomic E-state index is -0.455. The first-order valence-corrected chi connectivity index (χ1v) is 7.76. The number of carbonyl (C=O) groups is 1. The number of benzene rings is 2. The van der Waals surface area contributed by atoms with Gasteiger partial charge in [-0.05, 0) is 30.2 Å². The largest absolute Gasteiger partial charge is 0.423 e. The lowest BCUT2D eigenvalue weighted by Crippen LogP contribution is -2.16. The van der Waals surface area contributed by atoms with Crippen molar-refractivity contribution in [2.24, 2.45) is 5.11 Å². The quantitative estimate of drug-likeness (QED) is 0.289. The van der Waals surface area contributed by atoms with Crippen LogP contribution in [0.3, 0.4) is 0 Å². The van der Waals surface area contributed by atoms with Gasteiger partial charge in [-0.3, -0.25) is 4.79 Å². The van der Waals surface area contributed by atoms with E-state index < -0.39 is 11.5 Å². The van der Waals surface area contributed by atoms with Crippen LogP contribution >= 0.6 is 0 Å². The van der Waals surface area contributed by atoms with E-state index in [4.69, 9.17) is 9.95 Å². The van der Waals surface area contributed by atoms with Crippen LogP contribution in [0.15, 0.2) is 68.9 Å². The molecular weight excluding hydrogens is 318 g/mol. The van der Waals surface area contributed by atoms with E-state index in [9.17, 15) is 9.59 Å². The highest BCUT2D eigenvalue weighted by Gasteiger charge is 2.21. The minimum absolute atomic E-state index is 0.0309. The summed E-state index contributed by atoms with van der Waals surface area (Å²) in [7, 11) is 0. The van der Waals surface area contributed by atoms with Crippen molar-refractivity contribution in [1.82, 2.24) is 0 Å². The number of azide groups is 1. The Bertz CT molecular complexity index is 1030. The van der Waals surface area contributed by atoms with Crippen LogP contribution in [0.4, 0.5) is 5.69 Å². The van der Waals surface area contributed by atoms with E-state index in [1.807, 2.05) is 12.1 Å². The van der Waals surface area contributed by atoms with Crippen LogP contribution in [0.1, 0.15) is 30.4 Å². The van der Waals surface area contributed by atoms with Crippen molar-refractivity contribution >= 4 is 22.4 Å². The van der Waals surface area contributed by atoms with E-state index in [1.54, 1.807) is 42.5 Å². The molecule has 0 aliphatic carbocycles. The van der Waals surface area contributed by atoms with Gasteiger partial charge < -0.3 is 4.42 Å². The van der Waals surface area contributed by atoms with Crippen LogP contribution in [-0.2, 0) is 4.79 Å².